The van der Waals surface area contributed by atoms with E-state index in [9.17, 15) is 24.3 Å². The molecule has 1 atom stereocenters. The van der Waals surface area contributed by atoms with Crippen molar-refractivity contribution in [3.8, 4) is 22.6 Å². The fourth-order valence-electron chi connectivity index (χ4n) is 9.95. The number of quaternary nitrogens is 1. The lowest BCUT2D eigenvalue weighted by molar-refractivity contribution is -0.895. The Balaban J connectivity index is 0.969. The van der Waals surface area contributed by atoms with E-state index in [0.29, 0.717) is 68.5 Å². The van der Waals surface area contributed by atoms with Crippen LogP contribution in [0.25, 0.3) is 11.1 Å². The van der Waals surface area contributed by atoms with Crippen molar-refractivity contribution in [2.75, 3.05) is 40.3 Å². The Morgan fingerprint density at radius 2 is 1.44 bits per heavy atom. The number of nitrogens with zero attached hydrogens (tertiary/aromatic N) is 4. The number of carbonyl (C=O) groups is 4. The summed E-state index contributed by atoms with van der Waals surface area (Å²) >= 11 is 0. The second-order valence-corrected chi connectivity index (χ2v) is 21.2. The Labute approximate surface area is 426 Å². The maximum absolute atomic E-state index is 15.5. The molecule has 1 heterocycles. The Kier molecular flexibility index (Phi) is 23.0. The van der Waals surface area contributed by atoms with Crippen LogP contribution in [0.3, 0.4) is 0 Å². The molecule has 4 N–H and O–H groups in total. The van der Waals surface area contributed by atoms with Crippen LogP contribution in [0.4, 0.5) is 4.39 Å². The van der Waals surface area contributed by atoms with E-state index in [0.717, 1.165) is 79.3 Å². The summed E-state index contributed by atoms with van der Waals surface area (Å²) < 4.78 is 29.1. The quantitative estimate of drug-likeness (QED) is 0.0248. The summed E-state index contributed by atoms with van der Waals surface area (Å²) in [6, 6.07) is 18.7. The van der Waals surface area contributed by atoms with Gasteiger partial charge in [-0.05, 0) is 108 Å². The van der Waals surface area contributed by atoms with E-state index >= 15 is 4.39 Å². The molecule has 4 aromatic rings. The fourth-order valence-corrected chi connectivity index (χ4v) is 9.95. The van der Waals surface area contributed by atoms with Crippen LogP contribution in [0.15, 0.2) is 66.9 Å². The predicted molar refractivity (Wildman–Crippen MR) is 276 cm³/mol. The molecule has 0 spiro atoms. The molecule has 15 heteroatoms. The molecule has 1 amide bonds. The van der Waals surface area contributed by atoms with Crippen molar-refractivity contribution in [3.05, 3.63) is 95.1 Å². The van der Waals surface area contributed by atoms with Gasteiger partial charge in [-0.25, -0.2) is 14.0 Å². The predicted octanol–water partition coefficient (Wildman–Crippen LogP) is 11.0. The van der Waals surface area contributed by atoms with Gasteiger partial charge in [0.2, 0.25) is 5.91 Å². The Morgan fingerprint density at radius 3 is 2.07 bits per heavy atom. The summed E-state index contributed by atoms with van der Waals surface area (Å²) in [5.41, 5.74) is 4.92. The molecular weight excluding hydrogens is 918 g/mol. The van der Waals surface area contributed by atoms with Crippen LogP contribution in [0, 0.1) is 17.2 Å². The Hall–Kier alpha value is -5.83. The molecule has 0 aliphatic heterocycles. The van der Waals surface area contributed by atoms with Gasteiger partial charge in [-0.15, -0.1) is 5.10 Å². The Morgan fingerprint density at radius 1 is 0.792 bits per heavy atom. The number of aromatic nitrogens is 3. The number of methoxy groups -OCH3 is 1. The molecule has 1 aliphatic carbocycles. The first-order valence-corrected chi connectivity index (χ1v) is 26.3. The van der Waals surface area contributed by atoms with Crippen LogP contribution in [0.2, 0.25) is 0 Å². The summed E-state index contributed by atoms with van der Waals surface area (Å²) in [6.07, 6.45) is 21.9. The van der Waals surface area contributed by atoms with Crippen LogP contribution < -0.4 is 14.8 Å². The number of carboxylic acid groups (broad SMARTS) is 3. The number of nitrogens with one attached hydrogen (secondary N) is 1. The van der Waals surface area contributed by atoms with E-state index < -0.39 is 17.9 Å². The third-order valence-corrected chi connectivity index (χ3v) is 13.8. The smallest absolute Gasteiger partial charge is 0.359 e. The van der Waals surface area contributed by atoms with Crippen molar-refractivity contribution < 1.29 is 52.8 Å². The van der Waals surface area contributed by atoms with Crippen molar-refractivity contribution in [1.82, 2.24) is 20.3 Å². The molecule has 0 unspecified atom stereocenters. The van der Waals surface area contributed by atoms with Crippen LogP contribution >= 0.6 is 0 Å². The third kappa shape index (κ3) is 20.7. The number of carboxylic acids is 3. The summed E-state index contributed by atoms with van der Waals surface area (Å²) in [6.45, 7) is 5.57. The molecule has 14 nitrogen and oxygen atoms in total. The lowest BCUT2D eigenvalue weighted by Crippen LogP contribution is -2.51. The molecular formula is C57H81FN5O9+. The molecule has 5 rings (SSSR count). The highest BCUT2D eigenvalue weighted by Crippen LogP contribution is 2.45. The SMILES string of the molecule is COc1ccc(F)c(-c2ccc(COc3cccc([C@@H](CC(=O)O)C4CC4)c3)cc2CC(C)(C)Cn2cc(CCCCCCCCCCCCCCCC(=O)NCCC[N+](C)(CC(=O)O)CC(=O)O)nn2)c1. The number of ether oxygens (including phenoxy) is 2. The first-order chi connectivity index (χ1) is 34.5. The zero-order valence-electron chi connectivity index (χ0n) is 43.3. The molecule has 394 valence electrons. The van der Waals surface area contributed by atoms with Crippen molar-refractivity contribution in [1.29, 1.82) is 0 Å². The number of amides is 1. The van der Waals surface area contributed by atoms with Gasteiger partial charge in [-0.2, -0.15) is 0 Å². The van der Waals surface area contributed by atoms with Crippen LogP contribution in [0.5, 0.6) is 11.5 Å². The minimum atomic E-state index is -1.04. The van der Waals surface area contributed by atoms with E-state index in [2.05, 4.69) is 41.7 Å². The molecule has 72 heavy (non-hydrogen) atoms. The summed E-state index contributed by atoms with van der Waals surface area (Å²) in [7, 11) is 3.19. The number of aryl methyl sites for hydroxylation is 1. The monoisotopic (exact) mass is 999 g/mol. The van der Waals surface area contributed by atoms with Gasteiger partial charge in [0.1, 0.15) is 23.9 Å². The molecule has 1 aromatic heterocycles. The molecule has 0 bridgehead atoms. The van der Waals surface area contributed by atoms with Crippen molar-refractivity contribution in [2.45, 2.75) is 161 Å². The van der Waals surface area contributed by atoms with Gasteiger partial charge in [0, 0.05) is 37.7 Å². The summed E-state index contributed by atoms with van der Waals surface area (Å²) in [5, 5.41) is 39.7. The summed E-state index contributed by atoms with van der Waals surface area (Å²) in [4.78, 5) is 46.1. The van der Waals surface area contributed by atoms with Gasteiger partial charge < -0.3 is 34.6 Å². The molecule has 0 radical (unpaired) electrons. The maximum atomic E-state index is 15.5. The van der Waals surface area contributed by atoms with Crippen LogP contribution in [-0.2, 0) is 45.2 Å². The normalized spacial score (nSPS) is 13.2. The summed E-state index contributed by atoms with van der Waals surface area (Å²) in [5.74, 6) is -1.55. The van der Waals surface area contributed by atoms with Crippen molar-refractivity contribution in [2.24, 2.45) is 11.3 Å². The Bertz CT molecular complexity index is 2330. The van der Waals surface area contributed by atoms with E-state index in [4.69, 9.17) is 19.7 Å². The maximum Gasteiger partial charge on any atom is 0.359 e. The number of hydrogen-bond donors (Lipinski definition) is 4. The number of hydrogen-bond acceptors (Lipinski definition) is 8. The first-order valence-electron chi connectivity index (χ1n) is 26.3. The lowest BCUT2D eigenvalue weighted by atomic mass is 9.82. The van der Waals surface area contributed by atoms with Gasteiger partial charge in [0.05, 0.1) is 32.8 Å². The highest BCUT2D eigenvalue weighted by molar-refractivity contribution is 5.75. The van der Waals surface area contributed by atoms with Gasteiger partial charge in [0.25, 0.3) is 0 Å². The molecule has 1 saturated carbocycles. The highest BCUT2D eigenvalue weighted by Gasteiger charge is 2.34. The minimum Gasteiger partial charge on any atom is -0.497 e. The average molecular weight is 999 g/mol. The standard InChI is InChI=1S/C57H80FN5O9/c1-57(2,36-45-32-42(24-28-49(45)51-34-47(71-4)27-29-52(51)58)40-72-48-22-18-20-44(33-48)50(35-54(65)66)43-25-26-43)41-62-37-46(60-61-62)21-16-14-12-10-8-6-5-7-9-11-13-15-17-23-53(64)59-30-19-31-63(3,38-55(67)68)39-56(69)70/h18,20,22,24,27-29,32-34,37,43,50H,5-17,19,21,23,25-26,30-31,35-36,38-41H2,1-4H3,(H3-,59,64,65,66,67,68,69,70)/p+1/t50-/m0/s1. The van der Waals surface area contributed by atoms with E-state index in [1.165, 1.54) is 57.4 Å². The topological polar surface area (TPSA) is 190 Å². The average Bonchev–Trinajstić information content (AvgIpc) is 4.08. The number of benzene rings is 3. The first kappa shape index (κ1) is 57.1. The third-order valence-electron chi connectivity index (χ3n) is 13.8. The van der Waals surface area contributed by atoms with Crippen LogP contribution in [0.1, 0.15) is 158 Å². The molecule has 0 saturated heterocycles. The van der Waals surface area contributed by atoms with E-state index in [1.807, 2.05) is 41.1 Å². The fraction of sp³-hybridized carbons (Fsp3) is 0.579. The number of halogens is 1. The van der Waals surface area contributed by atoms with Gasteiger partial charge >= 0.3 is 17.9 Å². The van der Waals surface area contributed by atoms with Gasteiger partial charge in [-0.1, -0.05) is 120 Å². The molecule has 1 fully saturated rings. The van der Waals surface area contributed by atoms with E-state index in [-0.39, 0.29) is 47.1 Å². The lowest BCUT2D eigenvalue weighted by Gasteiger charge is -2.31. The minimum absolute atomic E-state index is 0.0109. The van der Waals surface area contributed by atoms with Gasteiger partial charge in [-0.3, -0.25) is 14.3 Å². The number of aliphatic carboxylic acids is 3. The largest absolute Gasteiger partial charge is 0.497 e. The number of rotatable bonds is 37. The zero-order valence-corrected chi connectivity index (χ0v) is 43.3. The highest BCUT2D eigenvalue weighted by atomic mass is 19.1. The number of likely N-dealkylation sites (N-methyl/N-ethyl adjacent to an activating group) is 1. The molecule has 3 aromatic carbocycles. The second kappa shape index (κ2) is 29.0. The number of carbonyl (C=O) groups excluding carboxylic acids is 1. The zero-order chi connectivity index (χ0) is 51.9. The van der Waals surface area contributed by atoms with Gasteiger partial charge in [0.15, 0.2) is 13.1 Å². The van der Waals surface area contributed by atoms with Crippen molar-refractivity contribution in [3.63, 3.8) is 0 Å². The number of unbranched alkanes of at least 4 members (excludes halogenated alkanes) is 12. The second-order valence-electron chi connectivity index (χ2n) is 21.2. The van der Waals surface area contributed by atoms with Crippen LogP contribution in [-0.4, -0.2) is 98.9 Å². The molecule has 1 aliphatic rings. The van der Waals surface area contributed by atoms with E-state index in [1.54, 1.807) is 26.3 Å². The van der Waals surface area contributed by atoms with Crippen molar-refractivity contribution >= 4 is 23.8 Å².